The third-order valence-corrected chi connectivity index (χ3v) is 4.26. The summed E-state index contributed by atoms with van der Waals surface area (Å²) in [6.45, 7) is 5.28. The highest BCUT2D eigenvalue weighted by molar-refractivity contribution is 5.79. The number of aromatic nitrogens is 2. The van der Waals surface area contributed by atoms with Crippen LogP contribution in [0, 0.1) is 5.41 Å². The lowest BCUT2D eigenvalue weighted by Crippen LogP contribution is -2.49. The van der Waals surface area contributed by atoms with Crippen LogP contribution in [0.4, 0.5) is 0 Å². The van der Waals surface area contributed by atoms with E-state index in [-0.39, 0.29) is 12.5 Å². The van der Waals surface area contributed by atoms with Gasteiger partial charge in [0.15, 0.2) is 0 Å². The number of allylic oxidation sites excluding steroid dienone is 1. The molecule has 2 rings (SSSR count). The number of hydrogen-bond acceptors (Lipinski definition) is 3. The van der Waals surface area contributed by atoms with E-state index in [1.165, 1.54) is 0 Å². The highest BCUT2D eigenvalue weighted by Gasteiger charge is 2.42. The Bertz CT molecular complexity index is 527. The van der Waals surface area contributed by atoms with E-state index in [4.69, 9.17) is 0 Å². The lowest BCUT2D eigenvalue weighted by Gasteiger charge is -2.39. The summed E-state index contributed by atoms with van der Waals surface area (Å²) in [5.41, 5.74) is -0.863. The van der Waals surface area contributed by atoms with Crippen molar-refractivity contribution in [2.24, 2.45) is 5.41 Å². The molecule has 0 radical (unpaired) electrons. The van der Waals surface area contributed by atoms with Crippen LogP contribution in [0.15, 0.2) is 31.1 Å². The third kappa shape index (κ3) is 3.75. The van der Waals surface area contributed by atoms with Crippen molar-refractivity contribution < 1.29 is 14.7 Å². The zero-order chi connectivity index (χ0) is 16.0. The minimum absolute atomic E-state index is 0.0292. The van der Waals surface area contributed by atoms with Gasteiger partial charge in [-0.2, -0.15) is 5.10 Å². The van der Waals surface area contributed by atoms with Gasteiger partial charge >= 0.3 is 5.97 Å². The molecule has 6 heteroatoms. The number of carbonyl (C=O) groups excluding carboxylic acids is 1. The average Bonchev–Trinajstić information content (AvgIpc) is 3.01. The molecule has 1 fully saturated rings. The molecule has 0 bridgehead atoms. The molecule has 0 aliphatic carbocycles. The number of aryl methyl sites for hydroxylation is 1. The summed E-state index contributed by atoms with van der Waals surface area (Å²) in [5.74, 6) is -0.803. The largest absolute Gasteiger partial charge is 0.481 e. The van der Waals surface area contributed by atoms with E-state index >= 15 is 0 Å². The van der Waals surface area contributed by atoms with Crippen LogP contribution in [0.2, 0.25) is 0 Å². The van der Waals surface area contributed by atoms with Gasteiger partial charge in [-0.1, -0.05) is 6.08 Å². The highest BCUT2D eigenvalue weighted by Crippen LogP contribution is 2.34. The first-order valence-corrected chi connectivity index (χ1v) is 7.67. The fourth-order valence-corrected chi connectivity index (χ4v) is 3.03. The number of piperidine rings is 1. The number of hydrogen-bond donors (Lipinski definition) is 1. The van der Waals surface area contributed by atoms with E-state index in [1.807, 2.05) is 12.3 Å². The number of likely N-dealkylation sites (tertiary alicyclic amines) is 1. The molecule has 1 aromatic heterocycles. The second-order valence-electron chi connectivity index (χ2n) is 5.87. The number of carboxylic acids is 1. The topological polar surface area (TPSA) is 75.4 Å². The quantitative estimate of drug-likeness (QED) is 0.781. The van der Waals surface area contributed by atoms with Crippen LogP contribution in [-0.2, 0) is 16.1 Å². The van der Waals surface area contributed by atoms with Crippen molar-refractivity contribution in [3.05, 3.63) is 31.1 Å². The number of aliphatic carboxylic acids is 1. The standard InChI is InChI=1S/C16H23N3O3/c1-2-7-16(15(21)22)8-4-10-18(13-16)14(20)6-3-11-19-12-5-9-17-19/h2,5,9,12H,1,3-4,6-8,10-11,13H2,(H,21,22)/t16-/m0/s1. The van der Waals surface area contributed by atoms with Crippen LogP contribution in [0.5, 0.6) is 0 Å². The first-order chi connectivity index (χ1) is 10.6. The summed E-state index contributed by atoms with van der Waals surface area (Å²) >= 11 is 0. The van der Waals surface area contributed by atoms with Gasteiger partial charge in [0.1, 0.15) is 0 Å². The van der Waals surface area contributed by atoms with Crippen molar-refractivity contribution in [1.82, 2.24) is 14.7 Å². The highest BCUT2D eigenvalue weighted by atomic mass is 16.4. The molecule has 1 aliphatic rings. The Hall–Kier alpha value is -2.11. The predicted molar refractivity (Wildman–Crippen MR) is 82.2 cm³/mol. The van der Waals surface area contributed by atoms with Crippen molar-refractivity contribution in [2.75, 3.05) is 13.1 Å². The van der Waals surface area contributed by atoms with Gasteiger partial charge < -0.3 is 10.0 Å². The van der Waals surface area contributed by atoms with Gasteiger partial charge in [-0.25, -0.2) is 0 Å². The third-order valence-electron chi connectivity index (χ3n) is 4.26. The van der Waals surface area contributed by atoms with Crippen molar-refractivity contribution in [1.29, 1.82) is 0 Å². The lowest BCUT2D eigenvalue weighted by molar-refractivity contribution is -0.154. The zero-order valence-corrected chi connectivity index (χ0v) is 12.8. The van der Waals surface area contributed by atoms with E-state index in [1.54, 1.807) is 21.9 Å². The summed E-state index contributed by atoms with van der Waals surface area (Å²) in [6, 6.07) is 1.85. The van der Waals surface area contributed by atoms with Crippen LogP contribution < -0.4 is 0 Å². The molecule has 1 aliphatic heterocycles. The first-order valence-electron chi connectivity index (χ1n) is 7.67. The lowest BCUT2D eigenvalue weighted by atomic mass is 9.77. The molecule has 22 heavy (non-hydrogen) atoms. The van der Waals surface area contributed by atoms with Crippen molar-refractivity contribution in [3.63, 3.8) is 0 Å². The van der Waals surface area contributed by atoms with Crippen LogP contribution in [-0.4, -0.2) is 44.8 Å². The molecule has 1 N–H and O–H groups in total. The Morgan fingerprint density at radius 2 is 2.27 bits per heavy atom. The minimum atomic E-state index is -0.863. The van der Waals surface area contributed by atoms with Crippen molar-refractivity contribution in [2.45, 2.75) is 38.6 Å². The Labute approximate surface area is 130 Å². The Balaban J connectivity index is 1.89. The maximum atomic E-state index is 12.3. The maximum absolute atomic E-state index is 12.3. The molecule has 1 amide bonds. The van der Waals surface area contributed by atoms with Gasteiger partial charge in [0.05, 0.1) is 5.41 Å². The summed E-state index contributed by atoms with van der Waals surface area (Å²) in [6.07, 6.45) is 8.08. The van der Waals surface area contributed by atoms with E-state index in [0.29, 0.717) is 38.8 Å². The van der Waals surface area contributed by atoms with E-state index in [2.05, 4.69) is 11.7 Å². The summed E-state index contributed by atoms with van der Waals surface area (Å²) in [4.78, 5) is 25.6. The number of carboxylic acid groups (broad SMARTS) is 1. The second kappa shape index (κ2) is 7.24. The molecule has 1 atom stereocenters. The minimum Gasteiger partial charge on any atom is -0.481 e. The molecule has 1 saturated heterocycles. The van der Waals surface area contributed by atoms with Gasteiger partial charge in [0.25, 0.3) is 0 Å². The Morgan fingerprint density at radius 3 is 2.91 bits per heavy atom. The molecule has 6 nitrogen and oxygen atoms in total. The van der Waals surface area contributed by atoms with Gasteiger partial charge in [-0.3, -0.25) is 14.3 Å². The summed E-state index contributed by atoms with van der Waals surface area (Å²) in [7, 11) is 0. The second-order valence-corrected chi connectivity index (χ2v) is 5.87. The van der Waals surface area contributed by atoms with Crippen LogP contribution in [0.3, 0.4) is 0 Å². The number of nitrogens with zero attached hydrogens (tertiary/aromatic N) is 3. The molecule has 0 saturated carbocycles. The fourth-order valence-electron chi connectivity index (χ4n) is 3.03. The molecule has 0 spiro atoms. The molecular weight excluding hydrogens is 282 g/mol. The van der Waals surface area contributed by atoms with E-state index in [9.17, 15) is 14.7 Å². The Kier molecular flexibility index (Phi) is 5.35. The molecule has 0 unspecified atom stereocenters. The normalized spacial score (nSPS) is 21.5. The fraction of sp³-hybridized carbons (Fsp3) is 0.562. The summed E-state index contributed by atoms with van der Waals surface area (Å²) < 4.78 is 1.79. The van der Waals surface area contributed by atoms with Crippen LogP contribution in [0.1, 0.15) is 32.1 Å². The first kappa shape index (κ1) is 16.3. The SMILES string of the molecule is C=CC[C@]1(C(=O)O)CCCN(C(=O)CCCn2cccn2)C1. The molecule has 2 heterocycles. The van der Waals surface area contributed by atoms with Crippen LogP contribution in [0.25, 0.3) is 0 Å². The van der Waals surface area contributed by atoms with E-state index < -0.39 is 11.4 Å². The van der Waals surface area contributed by atoms with Gasteiger partial charge in [0.2, 0.25) is 5.91 Å². The molecular formula is C16H23N3O3. The van der Waals surface area contributed by atoms with Crippen molar-refractivity contribution in [3.8, 4) is 0 Å². The van der Waals surface area contributed by atoms with Gasteiger partial charge in [0, 0.05) is 38.4 Å². The zero-order valence-electron chi connectivity index (χ0n) is 12.8. The summed E-state index contributed by atoms with van der Waals surface area (Å²) in [5, 5.41) is 13.6. The number of carbonyl (C=O) groups is 2. The average molecular weight is 305 g/mol. The number of amides is 1. The maximum Gasteiger partial charge on any atom is 0.311 e. The monoisotopic (exact) mass is 305 g/mol. The smallest absolute Gasteiger partial charge is 0.311 e. The predicted octanol–water partition coefficient (Wildman–Crippen LogP) is 1.93. The molecule has 0 aromatic carbocycles. The molecule has 120 valence electrons. The number of rotatable bonds is 7. The van der Waals surface area contributed by atoms with Gasteiger partial charge in [-0.15, -0.1) is 6.58 Å². The molecule has 1 aromatic rings. The van der Waals surface area contributed by atoms with Crippen LogP contribution >= 0.6 is 0 Å². The van der Waals surface area contributed by atoms with Gasteiger partial charge in [-0.05, 0) is 31.7 Å². The van der Waals surface area contributed by atoms with Crippen molar-refractivity contribution >= 4 is 11.9 Å². The Morgan fingerprint density at radius 1 is 1.45 bits per heavy atom. The van der Waals surface area contributed by atoms with E-state index in [0.717, 1.165) is 6.42 Å².